The van der Waals surface area contributed by atoms with E-state index in [1.807, 2.05) is 42.6 Å². The Balaban J connectivity index is 1.98. The van der Waals surface area contributed by atoms with Crippen LogP contribution in [-0.2, 0) is 0 Å². The van der Waals surface area contributed by atoms with Gasteiger partial charge in [-0.05, 0) is 30.2 Å². The van der Waals surface area contributed by atoms with Crippen LogP contribution in [-0.4, -0.2) is 4.57 Å². The number of allylic oxidation sites excluding steroid dienone is 1. The van der Waals surface area contributed by atoms with Gasteiger partial charge in [0.1, 0.15) is 11.4 Å². The SMILES string of the molecule is [2H]C1(c2ccccc2)C=Cn2c1c(C)[n+](-c1ccccc1C)c2C. The van der Waals surface area contributed by atoms with E-state index >= 15 is 0 Å². The summed E-state index contributed by atoms with van der Waals surface area (Å²) < 4.78 is 13.6. The van der Waals surface area contributed by atoms with E-state index < -0.39 is 5.89 Å². The van der Waals surface area contributed by atoms with Crippen LogP contribution in [0.1, 0.15) is 35.6 Å². The average molecular weight is 302 g/mol. The summed E-state index contributed by atoms with van der Waals surface area (Å²) in [5.74, 6) is 0.280. The van der Waals surface area contributed by atoms with E-state index in [4.69, 9.17) is 1.37 Å². The van der Waals surface area contributed by atoms with E-state index in [9.17, 15) is 0 Å². The first kappa shape index (κ1) is 12.9. The Morgan fingerprint density at radius 2 is 1.65 bits per heavy atom. The molecule has 2 heteroatoms. The Morgan fingerprint density at radius 1 is 0.957 bits per heavy atom. The lowest BCUT2D eigenvalue weighted by molar-refractivity contribution is -0.609. The van der Waals surface area contributed by atoms with Crippen molar-refractivity contribution in [2.75, 3.05) is 0 Å². The van der Waals surface area contributed by atoms with E-state index in [1.165, 1.54) is 11.3 Å². The first-order chi connectivity index (χ1) is 11.5. The molecule has 1 aromatic heterocycles. The van der Waals surface area contributed by atoms with Gasteiger partial charge in [-0.3, -0.25) is 0 Å². The molecule has 1 atom stereocenters. The zero-order chi connectivity index (χ0) is 16.9. The van der Waals surface area contributed by atoms with Gasteiger partial charge in [-0.1, -0.05) is 48.5 Å². The Morgan fingerprint density at radius 3 is 2.39 bits per heavy atom. The van der Waals surface area contributed by atoms with Gasteiger partial charge >= 0.3 is 0 Å². The van der Waals surface area contributed by atoms with Crippen LogP contribution in [0.5, 0.6) is 0 Å². The topological polar surface area (TPSA) is 8.81 Å². The van der Waals surface area contributed by atoms with Gasteiger partial charge < -0.3 is 0 Å². The van der Waals surface area contributed by atoms with Crippen molar-refractivity contribution in [1.29, 1.82) is 0 Å². The van der Waals surface area contributed by atoms with Crippen molar-refractivity contribution in [3.63, 3.8) is 0 Å². The minimum Gasteiger partial charge on any atom is -0.203 e. The fourth-order valence-electron chi connectivity index (χ4n) is 3.55. The lowest BCUT2D eigenvalue weighted by Crippen LogP contribution is -2.36. The Bertz CT molecular complexity index is 953. The van der Waals surface area contributed by atoms with Crippen LogP contribution in [0.15, 0.2) is 60.7 Å². The molecule has 3 aromatic rings. The van der Waals surface area contributed by atoms with E-state index in [2.05, 4.69) is 54.2 Å². The molecule has 23 heavy (non-hydrogen) atoms. The molecule has 4 rings (SSSR count). The maximum atomic E-state index is 9.15. The molecule has 1 aliphatic rings. The maximum Gasteiger partial charge on any atom is 0.263 e. The number of aromatic nitrogens is 2. The smallest absolute Gasteiger partial charge is 0.203 e. The molecule has 0 amide bonds. The van der Waals surface area contributed by atoms with Gasteiger partial charge in [-0.15, -0.1) is 0 Å². The van der Waals surface area contributed by atoms with Crippen LogP contribution < -0.4 is 4.57 Å². The van der Waals surface area contributed by atoms with Gasteiger partial charge in [0, 0.05) is 15.2 Å². The monoisotopic (exact) mass is 302 g/mol. The van der Waals surface area contributed by atoms with Crippen LogP contribution in [0.2, 0.25) is 0 Å². The Hall–Kier alpha value is -2.61. The molecule has 114 valence electrons. The molecule has 0 spiro atoms. The Labute approximate surface area is 138 Å². The fraction of sp³-hybridized carbons (Fsp3) is 0.190. The number of fused-ring (bicyclic) bond motifs is 1. The van der Waals surface area contributed by atoms with Gasteiger partial charge in [0.05, 0.1) is 12.1 Å². The lowest BCUT2D eigenvalue weighted by Gasteiger charge is -2.08. The van der Waals surface area contributed by atoms with Gasteiger partial charge in [0.25, 0.3) is 5.82 Å². The molecular weight excluding hydrogens is 280 g/mol. The fourth-order valence-corrected chi connectivity index (χ4v) is 3.55. The number of nitrogens with zero attached hydrogens (tertiary/aromatic N) is 2. The number of imidazole rings is 1. The molecule has 0 fully saturated rings. The van der Waals surface area contributed by atoms with Crippen molar-refractivity contribution in [2.24, 2.45) is 0 Å². The molecule has 2 aromatic carbocycles. The third-order valence-corrected chi connectivity index (χ3v) is 4.68. The molecular formula is C21H21N2+. The summed E-state index contributed by atoms with van der Waals surface area (Å²) in [4.78, 5) is 0. The van der Waals surface area contributed by atoms with Crippen LogP contribution >= 0.6 is 0 Å². The van der Waals surface area contributed by atoms with Crippen LogP contribution in [0, 0.1) is 20.8 Å². The summed E-state index contributed by atoms with van der Waals surface area (Å²) in [6, 6.07) is 18.5. The third-order valence-electron chi connectivity index (χ3n) is 4.68. The predicted molar refractivity (Wildman–Crippen MR) is 93.8 cm³/mol. The highest BCUT2D eigenvalue weighted by Gasteiger charge is 2.34. The van der Waals surface area contributed by atoms with Crippen molar-refractivity contribution >= 4 is 6.20 Å². The molecule has 1 unspecified atom stereocenters. The number of benzene rings is 2. The summed E-state index contributed by atoms with van der Waals surface area (Å²) in [5.41, 5.74) is 5.55. The molecule has 0 radical (unpaired) electrons. The summed E-state index contributed by atoms with van der Waals surface area (Å²) in [6.45, 7) is 6.36. The zero-order valence-corrected chi connectivity index (χ0v) is 13.7. The molecule has 0 saturated heterocycles. The zero-order valence-electron chi connectivity index (χ0n) is 14.7. The van der Waals surface area contributed by atoms with Crippen molar-refractivity contribution in [1.82, 2.24) is 4.57 Å². The van der Waals surface area contributed by atoms with Crippen LogP contribution in [0.4, 0.5) is 0 Å². The van der Waals surface area contributed by atoms with Crippen molar-refractivity contribution in [3.05, 3.63) is 89.0 Å². The normalized spacial score (nSPS) is 19.7. The standard InChI is InChI=1S/C21H21N2/c1-15-9-7-8-12-20(15)23-16(2)21-19(13-14-22(21)17(23)3)18-10-5-4-6-11-18/h4-14,19H,1-3H3/q+1/i19D. The average Bonchev–Trinajstić information content (AvgIpc) is 3.07. The predicted octanol–water partition coefficient (Wildman–Crippen LogP) is 4.31. The minimum atomic E-state index is -0.843. The van der Waals surface area contributed by atoms with E-state index in [1.54, 1.807) is 0 Å². The molecule has 0 saturated carbocycles. The molecule has 2 nitrogen and oxygen atoms in total. The summed E-state index contributed by atoms with van der Waals surface area (Å²) in [5, 5.41) is 0. The molecule has 0 bridgehead atoms. The Kier molecular flexibility index (Phi) is 2.93. The first-order valence-electron chi connectivity index (χ1n) is 8.49. The molecule has 1 aliphatic heterocycles. The maximum absolute atomic E-state index is 9.15. The second-order valence-electron chi connectivity index (χ2n) is 6.07. The highest BCUT2D eigenvalue weighted by molar-refractivity contribution is 5.49. The summed E-state index contributed by atoms with van der Waals surface area (Å²) in [6.07, 6.45) is 4.02. The lowest BCUT2D eigenvalue weighted by atomic mass is 9.96. The number of aryl methyl sites for hydroxylation is 1. The number of para-hydroxylation sites is 1. The van der Waals surface area contributed by atoms with Crippen LogP contribution in [0.25, 0.3) is 11.9 Å². The molecule has 0 aliphatic carbocycles. The summed E-state index contributed by atoms with van der Waals surface area (Å²) in [7, 11) is 0. The van der Waals surface area contributed by atoms with Crippen molar-refractivity contribution in [3.8, 4) is 5.69 Å². The number of hydrogen-bond acceptors (Lipinski definition) is 0. The second-order valence-corrected chi connectivity index (χ2v) is 6.07. The number of hydrogen-bond donors (Lipinski definition) is 0. The minimum absolute atomic E-state index is 0.843. The van der Waals surface area contributed by atoms with E-state index in [-0.39, 0.29) is 0 Å². The highest BCUT2D eigenvalue weighted by atomic mass is 15.2. The molecule has 2 heterocycles. The third kappa shape index (κ3) is 2.06. The van der Waals surface area contributed by atoms with E-state index in [0.29, 0.717) is 0 Å². The largest absolute Gasteiger partial charge is 0.263 e. The van der Waals surface area contributed by atoms with Gasteiger partial charge in [-0.25, -0.2) is 4.57 Å². The highest BCUT2D eigenvalue weighted by Crippen LogP contribution is 2.34. The van der Waals surface area contributed by atoms with Crippen LogP contribution in [0.3, 0.4) is 0 Å². The first-order valence-corrected chi connectivity index (χ1v) is 7.99. The second kappa shape index (κ2) is 5.24. The molecule has 0 N–H and O–H groups in total. The van der Waals surface area contributed by atoms with Crippen molar-refractivity contribution in [2.45, 2.75) is 26.7 Å². The van der Waals surface area contributed by atoms with Gasteiger partial charge in [0.2, 0.25) is 0 Å². The van der Waals surface area contributed by atoms with Gasteiger partial charge in [0.15, 0.2) is 5.69 Å². The van der Waals surface area contributed by atoms with E-state index in [0.717, 1.165) is 22.8 Å². The quantitative estimate of drug-likeness (QED) is 0.624. The summed E-state index contributed by atoms with van der Waals surface area (Å²) >= 11 is 0. The van der Waals surface area contributed by atoms with Gasteiger partial charge in [-0.2, -0.15) is 4.57 Å². The number of rotatable bonds is 2. The van der Waals surface area contributed by atoms with Crippen molar-refractivity contribution < 1.29 is 5.94 Å².